The van der Waals surface area contributed by atoms with Crippen molar-refractivity contribution in [2.45, 2.75) is 0 Å². The second-order valence-electron chi connectivity index (χ2n) is 10.3. The molecule has 0 saturated heterocycles. The average Bonchev–Trinajstić information content (AvgIpc) is 3.63. The zero-order valence-electron chi connectivity index (χ0n) is 21.1. The van der Waals surface area contributed by atoms with E-state index in [4.69, 9.17) is 0 Å². The predicted octanol–water partition coefficient (Wildman–Crippen LogP) is 9.52. The maximum atomic E-state index is 3.58. The number of H-pyrrole nitrogens is 1. The highest BCUT2D eigenvalue weighted by Gasteiger charge is 2.18. The van der Waals surface area contributed by atoms with E-state index in [9.17, 15) is 0 Å². The minimum absolute atomic E-state index is 1.16. The minimum atomic E-state index is 1.16. The number of benzene rings is 6. The second kappa shape index (κ2) is 7.62. The highest BCUT2D eigenvalue weighted by atomic mass is 15.0. The third-order valence-corrected chi connectivity index (χ3v) is 8.23. The Labute approximate surface area is 224 Å². The van der Waals surface area contributed by atoms with Crippen molar-refractivity contribution in [1.29, 1.82) is 0 Å². The molecule has 0 aliphatic carbocycles. The number of nitrogens with one attached hydrogen (secondary N) is 1. The molecular weight excluding hydrogens is 474 g/mol. The maximum Gasteiger partial charge on any atom is 0.0562 e. The quantitative estimate of drug-likeness (QED) is 0.246. The van der Waals surface area contributed by atoms with E-state index in [1.165, 1.54) is 71.3 Å². The predicted molar refractivity (Wildman–Crippen MR) is 164 cm³/mol. The monoisotopic (exact) mass is 497 g/mol. The number of hydrogen-bond acceptors (Lipinski definition) is 0. The van der Waals surface area contributed by atoms with Crippen LogP contribution in [0.2, 0.25) is 0 Å². The summed E-state index contributed by atoms with van der Waals surface area (Å²) in [5.74, 6) is 0. The Morgan fingerprint density at radius 3 is 1.62 bits per heavy atom. The fraction of sp³-hybridized carbons (Fsp3) is 0. The smallest absolute Gasteiger partial charge is 0.0562 e. The van der Waals surface area contributed by atoms with Gasteiger partial charge in [0.05, 0.1) is 22.1 Å². The van der Waals surface area contributed by atoms with Crippen LogP contribution in [0.25, 0.3) is 76.8 Å². The minimum Gasteiger partial charge on any atom is -0.355 e. The molecule has 0 spiro atoms. The largest absolute Gasteiger partial charge is 0.355 e. The van der Waals surface area contributed by atoms with Gasteiger partial charge in [0.2, 0.25) is 0 Å². The van der Waals surface area contributed by atoms with Crippen LogP contribution in [0.1, 0.15) is 0 Å². The standard InChI is InChI=1S/C36H23N3/c1-2-10-23(11-3-1)38-33-16-8-5-13-26(33)29-21-30-27-14-6-9-17-34(27)39(36(30)22-35(29)38)24-18-19-32-28(20-24)25-12-4-7-15-31(25)37-32/h1-22,37H. The van der Waals surface area contributed by atoms with Crippen molar-refractivity contribution >= 4 is 65.4 Å². The molecule has 0 saturated carbocycles. The lowest BCUT2D eigenvalue weighted by molar-refractivity contribution is 1.17. The van der Waals surface area contributed by atoms with Crippen LogP contribution in [0.3, 0.4) is 0 Å². The maximum absolute atomic E-state index is 3.58. The first-order valence-electron chi connectivity index (χ1n) is 13.4. The Bertz CT molecular complexity index is 2380. The Balaban J connectivity index is 1.44. The lowest BCUT2D eigenvalue weighted by Crippen LogP contribution is -1.95. The van der Waals surface area contributed by atoms with Gasteiger partial charge in [-0.15, -0.1) is 0 Å². The Kier molecular flexibility index (Phi) is 4.05. The Morgan fingerprint density at radius 2 is 0.897 bits per heavy atom. The van der Waals surface area contributed by atoms with Crippen molar-refractivity contribution < 1.29 is 0 Å². The van der Waals surface area contributed by atoms with Gasteiger partial charge in [-0.2, -0.15) is 0 Å². The molecule has 3 nitrogen and oxygen atoms in total. The molecule has 3 heteroatoms. The van der Waals surface area contributed by atoms with Crippen LogP contribution in [-0.2, 0) is 0 Å². The summed E-state index contributed by atoms with van der Waals surface area (Å²) in [4.78, 5) is 3.58. The first kappa shape index (κ1) is 20.7. The molecule has 9 aromatic rings. The molecular formula is C36H23N3. The van der Waals surface area contributed by atoms with E-state index < -0.39 is 0 Å². The van der Waals surface area contributed by atoms with Gasteiger partial charge in [0.15, 0.2) is 0 Å². The van der Waals surface area contributed by atoms with E-state index in [1.54, 1.807) is 0 Å². The van der Waals surface area contributed by atoms with Crippen molar-refractivity contribution in [2.24, 2.45) is 0 Å². The molecule has 0 atom stereocenters. The van der Waals surface area contributed by atoms with Gasteiger partial charge in [-0.25, -0.2) is 0 Å². The summed E-state index contributed by atoms with van der Waals surface area (Å²) in [7, 11) is 0. The van der Waals surface area contributed by atoms with Gasteiger partial charge >= 0.3 is 0 Å². The van der Waals surface area contributed by atoms with Crippen LogP contribution < -0.4 is 0 Å². The van der Waals surface area contributed by atoms with Crippen LogP contribution >= 0.6 is 0 Å². The summed E-state index contributed by atoms with van der Waals surface area (Å²) in [5.41, 5.74) is 9.53. The summed E-state index contributed by atoms with van der Waals surface area (Å²) in [5, 5.41) is 7.58. The zero-order valence-corrected chi connectivity index (χ0v) is 21.1. The zero-order chi connectivity index (χ0) is 25.5. The molecule has 0 unspecified atom stereocenters. The summed E-state index contributed by atoms with van der Waals surface area (Å²) in [6.45, 7) is 0. The van der Waals surface area contributed by atoms with E-state index in [1.807, 2.05) is 0 Å². The van der Waals surface area contributed by atoms with Gasteiger partial charge in [0.1, 0.15) is 0 Å². The average molecular weight is 498 g/mol. The second-order valence-corrected chi connectivity index (χ2v) is 10.3. The van der Waals surface area contributed by atoms with Gasteiger partial charge in [0, 0.05) is 54.7 Å². The fourth-order valence-corrected chi connectivity index (χ4v) is 6.54. The number of rotatable bonds is 2. The van der Waals surface area contributed by atoms with Gasteiger partial charge in [-0.3, -0.25) is 0 Å². The van der Waals surface area contributed by atoms with E-state index in [-0.39, 0.29) is 0 Å². The normalized spacial score (nSPS) is 12.1. The van der Waals surface area contributed by atoms with Gasteiger partial charge < -0.3 is 14.1 Å². The van der Waals surface area contributed by atoms with Crippen molar-refractivity contribution in [3.05, 3.63) is 133 Å². The van der Waals surface area contributed by atoms with Crippen LogP contribution in [0.5, 0.6) is 0 Å². The molecule has 1 N–H and O–H groups in total. The highest BCUT2D eigenvalue weighted by Crippen LogP contribution is 2.40. The van der Waals surface area contributed by atoms with Crippen molar-refractivity contribution in [3.8, 4) is 11.4 Å². The number of aromatic nitrogens is 3. The number of aromatic amines is 1. The summed E-state index contributed by atoms with van der Waals surface area (Å²) in [6, 6.07) is 48.3. The molecule has 0 aliphatic heterocycles. The van der Waals surface area contributed by atoms with Crippen LogP contribution in [0.15, 0.2) is 133 Å². The summed E-state index contributed by atoms with van der Waals surface area (Å²) < 4.78 is 4.83. The fourth-order valence-electron chi connectivity index (χ4n) is 6.54. The van der Waals surface area contributed by atoms with Crippen molar-refractivity contribution in [1.82, 2.24) is 14.1 Å². The van der Waals surface area contributed by atoms with Crippen LogP contribution in [0, 0.1) is 0 Å². The SMILES string of the molecule is c1ccc(-n2c3ccccc3c3cc4c5ccccc5n(-c5ccc6[nH]c7ccccc7c6c5)c4cc32)cc1. The molecule has 0 bridgehead atoms. The lowest BCUT2D eigenvalue weighted by atomic mass is 10.1. The molecule has 9 rings (SSSR count). The Hall–Kier alpha value is -5.28. The van der Waals surface area contributed by atoms with Crippen LogP contribution in [0.4, 0.5) is 0 Å². The molecule has 0 amide bonds. The molecule has 39 heavy (non-hydrogen) atoms. The molecule has 182 valence electrons. The lowest BCUT2D eigenvalue weighted by Gasteiger charge is -2.10. The van der Waals surface area contributed by atoms with E-state index >= 15 is 0 Å². The van der Waals surface area contributed by atoms with Crippen LogP contribution in [-0.4, -0.2) is 14.1 Å². The van der Waals surface area contributed by atoms with E-state index in [2.05, 4.69) is 148 Å². The molecule has 0 aliphatic rings. The number of fused-ring (bicyclic) bond motifs is 9. The topological polar surface area (TPSA) is 25.6 Å². The molecule has 0 fully saturated rings. The number of hydrogen-bond donors (Lipinski definition) is 1. The first-order valence-corrected chi connectivity index (χ1v) is 13.4. The molecule has 0 radical (unpaired) electrons. The number of para-hydroxylation sites is 4. The van der Waals surface area contributed by atoms with E-state index in [0.717, 1.165) is 5.52 Å². The summed E-state index contributed by atoms with van der Waals surface area (Å²) >= 11 is 0. The molecule has 3 aromatic heterocycles. The number of nitrogens with zero attached hydrogens (tertiary/aromatic N) is 2. The summed E-state index contributed by atoms with van der Waals surface area (Å²) in [6.07, 6.45) is 0. The molecule has 3 heterocycles. The van der Waals surface area contributed by atoms with Crippen molar-refractivity contribution in [2.75, 3.05) is 0 Å². The van der Waals surface area contributed by atoms with Gasteiger partial charge in [-0.05, 0) is 60.7 Å². The Morgan fingerprint density at radius 1 is 0.333 bits per heavy atom. The van der Waals surface area contributed by atoms with E-state index in [0.29, 0.717) is 0 Å². The molecule has 6 aromatic carbocycles. The van der Waals surface area contributed by atoms with Crippen molar-refractivity contribution in [3.63, 3.8) is 0 Å². The third-order valence-electron chi connectivity index (χ3n) is 8.23. The van der Waals surface area contributed by atoms with Gasteiger partial charge in [0.25, 0.3) is 0 Å². The highest BCUT2D eigenvalue weighted by molar-refractivity contribution is 6.19. The third kappa shape index (κ3) is 2.82. The van der Waals surface area contributed by atoms with Gasteiger partial charge in [-0.1, -0.05) is 72.8 Å². The first-order chi connectivity index (χ1) is 19.3.